The van der Waals surface area contributed by atoms with Crippen LogP contribution in [0.15, 0.2) is 0 Å². The molecule has 19 heavy (non-hydrogen) atoms. The van der Waals surface area contributed by atoms with E-state index in [0.29, 0.717) is 5.92 Å². The van der Waals surface area contributed by atoms with Gasteiger partial charge in [-0.15, -0.1) is 0 Å². The van der Waals surface area contributed by atoms with Gasteiger partial charge in [0.15, 0.2) is 0 Å². The maximum Gasteiger partial charge on any atom is 0.389 e. The van der Waals surface area contributed by atoms with E-state index in [1.54, 1.807) is 0 Å². The van der Waals surface area contributed by atoms with Crippen molar-refractivity contribution in [2.24, 2.45) is 5.92 Å². The smallest absolute Gasteiger partial charge is 0.314 e. The minimum Gasteiger partial charge on any atom is -0.314 e. The third-order valence-electron chi connectivity index (χ3n) is 4.05. The quantitative estimate of drug-likeness (QED) is 0.642. The van der Waals surface area contributed by atoms with E-state index in [9.17, 15) is 13.2 Å². The highest BCUT2D eigenvalue weighted by Gasteiger charge is 2.29. The van der Waals surface area contributed by atoms with Crippen molar-refractivity contribution in [3.8, 4) is 0 Å². The Balaban J connectivity index is 2.38. The molecule has 0 aromatic carbocycles. The van der Waals surface area contributed by atoms with Gasteiger partial charge in [-0.05, 0) is 31.7 Å². The first-order valence-corrected chi connectivity index (χ1v) is 7.81. The Bertz CT molecular complexity index is 220. The number of hydrogen-bond acceptors (Lipinski definition) is 1. The van der Waals surface area contributed by atoms with E-state index in [0.717, 1.165) is 19.4 Å². The van der Waals surface area contributed by atoms with Crippen molar-refractivity contribution >= 4 is 0 Å². The summed E-state index contributed by atoms with van der Waals surface area (Å²) in [6.45, 7) is 2.88. The molecule has 0 amide bonds. The Morgan fingerprint density at radius 3 is 2.26 bits per heavy atom. The van der Waals surface area contributed by atoms with Crippen LogP contribution >= 0.6 is 0 Å². The predicted molar refractivity (Wildman–Crippen MR) is 73.2 cm³/mol. The van der Waals surface area contributed by atoms with E-state index in [1.807, 2.05) is 0 Å². The number of nitrogens with one attached hydrogen (secondary N) is 1. The van der Waals surface area contributed by atoms with Gasteiger partial charge in [-0.1, -0.05) is 45.4 Å². The van der Waals surface area contributed by atoms with Crippen molar-refractivity contribution in [3.05, 3.63) is 0 Å². The third kappa shape index (κ3) is 8.51. The summed E-state index contributed by atoms with van der Waals surface area (Å²) in [5.74, 6) is 0.630. The molecule has 0 bridgehead atoms. The van der Waals surface area contributed by atoms with Crippen LogP contribution < -0.4 is 5.32 Å². The zero-order chi connectivity index (χ0) is 14.1. The SMILES string of the molecule is CCCNC(CCC(F)(F)F)CC1CCCCCC1. The maximum atomic E-state index is 12.4. The van der Waals surface area contributed by atoms with E-state index >= 15 is 0 Å². The zero-order valence-electron chi connectivity index (χ0n) is 12.1. The van der Waals surface area contributed by atoms with Crippen LogP contribution in [-0.2, 0) is 0 Å². The molecule has 4 heteroatoms. The molecule has 1 rings (SSSR count). The second-order valence-corrected chi connectivity index (χ2v) is 5.90. The number of alkyl halides is 3. The first kappa shape index (κ1) is 16.8. The van der Waals surface area contributed by atoms with E-state index in [-0.39, 0.29) is 12.5 Å². The fourth-order valence-electron chi connectivity index (χ4n) is 2.99. The molecule has 0 radical (unpaired) electrons. The summed E-state index contributed by atoms with van der Waals surface area (Å²) in [5.41, 5.74) is 0. The summed E-state index contributed by atoms with van der Waals surface area (Å²) in [6, 6.07) is 0.0460. The maximum absolute atomic E-state index is 12.4. The van der Waals surface area contributed by atoms with Crippen LogP contribution in [-0.4, -0.2) is 18.8 Å². The van der Waals surface area contributed by atoms with Gasteiger partial charge in [-0.3, -0.25) is 0 Å². The predicted octanol–water partition coefficient (Wildman–Crippen LogP) is 5.06. The lowest BCUT2D eigenvalue weighted by Crippen LogP contribution is -2.33. The van der Waals surface area contributed by atoms with Gasteiger partial charge in [0.05, 0.1) is 0 Å². The molecule has 1 aliphatic carbocycles. The molecule has 0 aliphatic heterocycles. The largest absolute Gasteiger partial charge is 0.389 e. The standard InChI is InChI=1S/C15H28F3N/c1-2-11-19-14(9-10-15(16,17)18)12-13-7-5-3-4-6-8-13/h13-14,19H,2-12H2,1H3. The van der Waals surface area contributed by atoms with E-state index in [1.165, 1.54) is 38.5 Å². The lowest BCUT2D eigenvalue weighted by molar-refractivity contribution is -0.136. The summed E-state index contributed by atoms with van der Waals surface area (Å²) in [4.78, 5) is 0. The highest BCUT2D eigenvalue weighted by atomic mass is 19.4. The summed E-state index contributed by atoms with van der Waals surface area (Å²) < 4.78 is 37.1. The van der Waals surface area contributed by atoms with Crippen LogP contribution in [0.2, 0.25) is 0 Å². The van der Waals surface area contributed by atoms with Crippen LogP contribution in [0.25, 0.3) is 0 Å². The van der Waals surface area contributed by atoms with E-state index in [4.69, 9.17) is 0 Å². The molecule has 0 saturated heterocycles. The van der Waals surface area contributed by atoms with Gasteiger partial charge < -0.3 is 5.32 Å². The second-order valence-electron chi connectivity index (χ2n) is 5.90. The van der Waals surface area contributed by atoms with Crippen LogP contribution in [0.5, 0.6) is 0 Å². The summed E-state index contributed by atoms with van der Waals surface area (Å²) in [7, 11) is 0. The fraction of sp³-hybridized carbons (Fsp3) is 1.00. The van der Waals surface area contributed by atoms with Gasteiger partial charge in [0, 0.05) is 12.5 Å². The Morgan fingerprint density at radius 1 is 1.11 bits per heavy atom. The van der Waals surface area contributed by atoms with Crippen LogP contribution in [0.4, 0.5) is 13.2 Å². The molecular formula is C15H28F3N. The van der Waals surface area contributed by atoms with Crippen molar-refractivity contribution < 1.29 is 13.2 Å². The van der Waals surface area contributed by atoms with Gasteiger partial charge >= 0.3 is 6.18 Å². The summed E-state index contributed by atoms with van der Waals surface area (Å²) in [5, 5.41) is 3.31. The lowest BCUT2D eigenvalue weighted by atomic mass is 9.90. The minimum atomic E-state index is -4.02. The molecule has 1 nitrogen and oxygen atoms in total. The Labute approximate surface area is 115 Å². The number of hydrogen-bond donors (Lipinski definition) is 1. The molecule has 0 spiro atoms. The van der Waals surface area contributed by atoms with Gasteiger partial charge in [0.2, 0.25) is 0 Å². The molecule has 0 aromatic rings. The second kappa shape index (κ2) is 8.83. The Kier molecular flexibility index (Phi) is 7.81. The van der Waals surface area contributed by atoms with E-state index < -0.39 is 12.6 Å². The molecule has 1 saturated carbocycles. The topological polar surface area (TPSA) is 12.0 Å². The average Bonchev–Trinajstić information content (AvgIpc) is 2.60. The normalized spacial score (nSPS) is 20.2. The third-order valence-corrected chi connectivity index (χ3v) is 4.05. The molecule has 1 fully saturated rings. The first-order chi connectivity index (χ1) is 9.01. The van der Waals surface area contributed by atoms with Crippen LogP contribution in [0.3, 0.4) is 0 Å². The molecule has 1 unspecified atom stereocenters. The average molecular weight is 279 g/mol. The van der Waals surface area contributed by atoms with Gasteiger partial charge in [0.1, 0.15) is 0 Å². The van der Waals surface area contributed by atoms with E-state index in [2.05, 4.69) is 12.2 Å². The van der Waals surface area contributed by atoms with Gasteiger partial charge in [-0.25, -0.2) is 0 Å². The highest BCUT2D eigenvalue weighted by molar-refractivity contribution is 4.75. The van der Waals surface area contributed by atoms with Gasteiger partial charge in [0.25, 0.3) is 0 Å². The molecule has 1 atom stereocenters. The Morgan fingerprint density at radius 2 is 1.74 bits per heavy atom. The van der Waals surface area contributed by atoms with Crippen molar-refractivity contribution in [1.82, 2.24) is 5.32 Å². The molecule has 114 valence electrons. The van der Waals surface area contributed by atoms with Crippen molar-refractivity contribution in [2.75, 3.05) is 6.54 Å². The Hall–Kier alpha value is -0.250. The lowest BCUT2D eigenvalue weighted by Gasteiger charge is -2.24. The van der Waals surface area contributed by atoms with Crippen molar-refractivity contribution in [2.45, 2.75) is 83.4 Å². The number of rotatable bonds is 7. The van der Waals surface area contributed by atoms with Crippen LogP contribution in [0.1, 0.15) is 71.1 Å². The van der Waals surface area contributed by atoms with Crippen LogP contribution in [0, 0.1) is 5.92 Å². The van der Waals surface area contributed by atoms with Crippen molar-refractivity contribution in [1.29, 1.82) is 0 Å². The highest BCUT2D eigenvalue weighted by Crippen LogP contribution is 2.29. The summed E-state index contributed by atoms with van der Waals surface area (Å²) >= 11 is 0. The molecule has 1 aliphatic rings. The fourth-order valence-corrected chi connectivity index (χ4v) is 2.99. The molecular weight excluding hydrogens is 251 g/mol. The first-order valence-electron chi connectivity index (χ1n) is 7.81. The van der Waals surface area contributed by atoms with Crippen molar-refractivity contribution in [3.63, 3.8) is 0 Å². The number of halogens is 3. The molecule has 0 heterocycles. The van der Waals surface area contributed by atoms with Gasteiger partial charge in [-0.2, -0.15) is 13.2 Å². The summed E-state index contributed by atoms with van der Waals surface area (Å²) in [6.07, 6.45) is 4.99. The molecule has 1 N–H and O–H groups in total. The monoisotopic (exact) mass is 279 g/mol. The zero-order valence-corrected chi connectivity index (χ0v) is 12.1. The minimum absolute atomic E-state index is 0.0460. The molecule has 0 aromatic heterocycles.